The van der Waals surface area contributed by atoms with Crippen molar-refractivity contribution in [3.8, 4) is 5.75 Å². The molecular weight excluding hydrogens is 210 g/mol. The first kappa shape index (κ1) is 12.2. The van der Waals surface area contributed by atoms with Crippen LogP contribution in [-0.4, -0.2) is 13.2 Å². The van der Waals surface area contributed by atoms with E-state index in [0.717, 1.165) is 18.6 Å². The molecule has 1 aromatic carbocycles. The number of rotatable bonds is 5. The summed E-state index contributed by atoms with van der Waals surface area (Å²) in [6.45, 7) is 6.00. The van der Waals surface area contributed by atoms with Crippen molar-refractivity contribution in [1.29, 1.82) is 0 Å². The van der Waals surface area contributed by atoms with Gasteiger partial charge in [0, 0.05) is 12.1 Å². The van der Waals surface area contributed by atoms with Gasteiger partial charge in [-0.05, 0) is 49.4 Å². The summed E-state index contributed by atoms with van der Waals surface area (Å²) in [5.41, 5.74) is 2.86. The molecular formula is C15H21NO. The molecule has 0 bridgehead atoms. The largest absolute Gasteiger partial charge is 0.497 e. The number of aryl methyl sites for hydroxylation is 1. The Kier molecular flexibility index (Phi) is 3.85. The highest BCUT2D eigenvalue weighted by Crippen LogP contribution is 2.34. The van der Waals surface area contributed by atoms with E-state index < -0.39 is 0 Å². The van der Waals surface area contributed by atoms with Crippen molar-refractivity contribution in [2.24, 2.45) is 0 Å². The second-order valence-corrected chi connectivity index (χ2v) is 4.75. The second kappa shape index (κ2) is 5.37. The van der Waals surface area contributed by atoms with Gasteiger partial charge in [-0.3, -0.25) is 0 Å². The molecule has 0 heterocycles. The van der Waals surface area contributed by atoms with Crippen molar-refractivity contribution in [3.05, 3.63) is 42.0 Å². The van der Waals surface area contributed by atoms with Crippen LogP contribution in [0.3, 0.4) is 0 Å². The summed E-state index contributed by atoms with van der Waals surface area (Å²) < 4.78 is 5.30. The van der Waals surface area contributed by atoms with Gasteiger partial charge in [0.2, 0.25) is 0 Å². The normalized spacial score (nSPS) is 19.8. The van der Waals surface area contributed by atoms with Crippen molar-refractivity contribution < 1.29 is 4.74 Å². The lowest BCUT2D eigenvalue weighted by atomic mass is 10.1. The van der Waals surface area contributed by atoms with Crippen LogP contribution in [-0.2, 0) is 6.42 Å². The van der Waals surface area contributed by atoms with Gasteiger partial charge >= 0.3 is 0 Å². The Hall–Kier alpha value is -1.28. The molecule has 1 aliphatic rings. The van der Waals surface area contributed by atoms with Crippen molar-refractivity contribution >= 4 is 0 Å². The smallest absolute Gasteiger partial charge is 0.119 e. The maximum Gasteiger partial charge on any atom is 0.119 e. The van der Waals surface area contributed by atoms with Crippen molar-refractivity contribution in [3.63, 3.8) is 0 Å². The van der Waals surface area contributed by atoms with Crippen LogP contribution < -0.4 is 10.1 Å². The van der Waals surface area contributed by atoms with Gasteiger partial charge in [-0.25, -0.2) is 0 Å². The first-order chi connectivity index (χ1) is 8.24. The van der Waals surface area contributed by atoms with Gasteiger partial charge in [-0.15, -0.1) is 6.58 Å². The minimum absolute atomic E-state index is 0.468. The molecule has 0 spiro atoms. The Labute approximate surface area is 104 Å². The van der Waals surface area contributed by atoms with E-state index in [1.165, 1.54) is 17.5 Å². The van der Waals surface area contributed by atoms with Gasteiger partial charge in [0.15, 0.2) is 0 Å². The van der Waals surface area contributed by atoms with E-state index in [-0.39, 0.29) is 0 Å². The molecule has 92 valence electrons. The fourth-order valence-corrected chi connectivity index (χ4v) is 2.54. The Morgan fingerprint density at radius 3 is 3.12 bits per heavy atom. The van der Waals surface area contributed by atoms with Gasteiger partial charge in [0.05, 0.1) is 7.11 Å². The lowest BCUT2D eigenvalue weighted by Gasteiger charge is -2.19. The Morgan fingerprint density at radius 2 is 2.41 bits per heavy atom. The molecule has 0 saturated carbocycles. The zero-order chi connectivity index (χ0) is 12.3. The van der Waals surface area contributed by atoms with Gasteiger partial charge < -0.3 is 10.1 Å². The minimum Gasteiger partial charge on any atom is -0.497 e. The molecule has 0 amide bonds. The van der Waals surface area contributed by atoms with Gasteiger partial charge in [-0.2, -0.15) is 0 Å². The van der Waals surface area contributed by atoms with Crippen LogP contribution in [0, 0.1) is 0 Å². The number of nitrogens with one attached hydrogen (secondary N) is 1. The predicted molar refractivity (Wildman–Crippen MR) is 71.5 cm³/mol. The SMILES string of the molecule is C=CCC(C)NC1CCc2ccc(OC)cc21. The predicted octanol–water partition coefficient (Wildman–Crippen LogP) is 3.24. The van der Waals surface area contributed by atoms with Crippen LogP contribution in [0.1, 0.15) is 36.9 Å². The van der Waals surface area contributed by atoms with E-state index in [1.54, 1.807) is 7.11 Å². The highest BCUT2D eigenvalue weighted by atomic mass is 16.5. The average Bonchev–Trinajstić information content (AvgIpc) is 2.72. The molecule has 0 aromatic heterocycles. The Bertz CT molecular complexity index is 400. The summed E-state index contributed by atoms with van der Waals surface area (Å²) in [5, 5.41) is 3.66. The van der Waals surface area contributed by atoms with E-state index in [1.807, 2.05) is 12.1 Å². The molecule has 1 aromatic rings. The zero-order valence-corrected chi connectivity index (χ0v) is 10.7. The number of ether oxygens (including phenoxy) is 1. The topological polar surface area (TPSA) is 21.3 Å². The molecule has 2 atom stereocenters. The summed E-state index contributed by atoms with van der Waals surface area (Å²) in [6, 6.07) is 7.35. The fraction of sp³-hybridized carbons (Fsp3) is 0.467. The number of hydrogen-bond donors (Lipinski definition) is 1. The van der Waals surface area contributed by atoms with Crippen LogP contribution >= 0.6 is 0 Å². The maximum atomic E-state index is 5.30. The summed E-state index contributed by atoms with van der Waals surface area (Å²) in [5.74, 6) is 0.953. The van der Waals surface area contributed by atoms with E-state index in [9.17, 15) is 0 Å². The van der Waals surface area contributed by atoms with Crippen LogP contribution in [0.5, 0.6) is 5.75 Å². The molecule has 2 nitrogen and oxygen atoms in total. The third-order valence-electron chi connectivity index (χ3n) is 3.44. The van der Waals surface area contributed by atoms with E-state index >= 15 is 0 Å². The number of hydrogen-bond acceptors (Lipinski definition) is 2. The monoisotopic (exact) mass is 231 g/mol. The fourth-order valence-electron chi connectivity index (χ4n) is 2.54. The highest BCUT2D eigenvalue weighted by Gasteiger charge is 2.23. The van der Waals surface area contributed by atoms with Crippen molar-refractivity contribution in [2.45, 2.75) is 38.3 Å². The lowest BCUT2D eigenvalue weighted by Crippen LogP contribution is -2.28. The first-order valence-electron chi connectivity index (χ1n) is 6.28. The Balaban J connectivity index is 2.12. The van der Waals surface area contributed by atoms with Crippen LogP contribution in [0.25, 0.3) is 0 Å². The van der Waals surface area contributed by atoms with Crippen molar-refractivity contribution in [1.82, 2.24) is 5.32 Å². The van der Waals surface area contributed by atoms with E-state index in [0.29, 0.717) is 12.1 Å². The molecule has 17 heavy (non-hydrogen) atoms. The zero-order valence-electron chi connectivity index (χ0n) is 10.7. The quantitative estimate of drug-likeness (QED) is 0.785. The van der Waals surface area contributed by atoms with Crippen LogP contribution in [0.15, 0.2) is 30.9 Å². The first-order valence-corrected chi connectivity index (χ1v) is 6.28. The minimum atomic E-state index is 0.468. The molecule has 0 fully saturated rings. The number of methoxy groups -OCH3 is 1. The van der Waals surface area contributed by atoms with E-state index in [2.05, 4.69) is 31.0 Å². The van der Waals surface area contributed by atoms with Gasteiger partial charge in [0.25, 0.3) is 0 Å². The summed E-state index contributed by atoms with van der Waals surface area (Å²) >= 11 is 0. The summed E-state index contributed by atoms with van der Waals surface area (Å²) in [6.07, 6.45) is 5.33. The molecule has 0 saturated heterocycles. The third-order valence-corrected chi connectivity index (χ3v) is 3.44. The molecule has 0 aliphatic heterocycles. The summed E-state index contributed by atoms with van der Waals surface area (Å²) in [4.78, 5) is 0. The summed E-state index contributed by atoms with van der Waals surface area (Å²) in [7, 11) is 1.72. The molecule has 1 aliphatic carbocycles. The molecule has 2 rings (SSSR count). The highest BCUT2D eigenvalue weighted by molar-refractivity contribution is 5.40. The van der Waals surface area contributed by atoms with Gasteiger partial charge in [-0.1, -0.05) is 12.1 Å². The van der Waals surface area contributed by atoms with Crippen LogP contribution in [0.4, 0.5) is 0 Å². The van der Waals surface area contributed by atoms with Crippen molar-refractivity contribution in [2.75, 3.05) is 7.11 Å². The number of benzene rings is 1. The molecule has 1 N–H and O–H groups in total. The second-order valence-electron chi connectivity index (χ2n) is 4.75. The molecule has 2 heteroatoms. The average molecular weight is 231 g/mol. The Morgan fingerprint density at radius 1 is 1.59 bits per heavy atom. The van der Waals surface area contributed by atoms with E-state index in [4.69, 9.17) is 4.74 Å². The molecule has 2 unspecified atom stereocenters. The van der Waals surface area contributed by atoms with Crippen LogP contribution in [0.2, 0.25) is 0 Å². The third kappa shape index (κ3) is 2.70. The van der Waals surface area contributed by atoms with Gasteiger partial charge in [0.1, 0.15) is 5.75 Å². The molecule has 0 radical (unpaired) electrons. The number of fused-ring (bicyclic) bond motifs is 1. The maximum absolute atomic E-state index is 5.30. The lowest BCUT2D eigenvalue weighted by molar-refractivity contribution is 0.412. The standard InChI is InChI=1S/C15H21NO/c1-4-5-11(2)16-15-9-7-12-6-8-13(17-3)10-14(12)15/h4,6,8,10-11,15-16H,1,5,7,9H2,2-3H3.